The number of phenolic OH excluding ortho intramolecular Hbond substituents is 1. The molecule has 1 aliphatic rings. The summed E-state index contributed by atoms with van der Waals surface area (Å²) in [5, 5.41) is 32.4. The van der Waals surface area contributed by atoms with Crippen molar-refractivity contribution in [2.24, 2.45) is 17.6 Å². The summed E-state index contributed by atoms with van der Waals surface area (Å²) >= 11 is 0. The van der Waals surface area contributed by atoms with Gasteiger partial charge in [0.2, 0.25) is 35.4 Å². The number of hydrogen-bond acceptors (Lipinski definition) is 11. The monoisotopic (exact) mass is 875 g/mol. The van der Waals surface area contributed by atoms with E-state index in [0.29, 0.717) is 24.0 Å². The Bertz CT molecular complexity index is 1910. The van der Waals surface area contributed by atoms with E-state index in [2.05, 4.69) is 31.1 Å². The number of phenols is 1. The van der Waals surface area contributed by atoms with E-state index in [-0.39, 0.29) is 49.6 Å². The lowest BCUT2D eigenvalue weighted by Crippen LogP contribution is -2.58. The molecule has 20 nitrogen and oxygen atoms in total. The molecule has 336 valence electrons. The Morgan fingerprint density at radius 1 is 0.803 bits per heavy atom. The van der Waals surface area contributed by atoms with Crippen LogP contribution in [-0.2, 0) is 51.0 Å². The number of amides is 6. The second-order valence-corrected chi connectivity index (χ2v) is 16.7. The number of rotatable bonds is 22. The Morgan fingerprint density at radius 3 is 1.87 bits per heavy atom. The lowest BCUT2D eigenvalue weighted by atomic mass is 9.97. The zero-order valence-corrected chi connectivity index (χ0v) is 35.7. The number of phosphoric ester groups is 1. The third-order valence-corrected chi connectivity index (χ3v) is 10.5. The van der Waals surface area contributed by atoms with E-state index < -0.39 is 97.9 Å². The molecule has 1 fully saturated rings. The predicted octanol–water partition coefficient (Wildman–Crippen LogP) is 0.219. The maximum Gasteiger partial charge on any atom is 0.524 e. The molecule has 0 aromatic heterocycles. The lowest BCUT2D eigenvalue weighted by molar-refractivity contribution is -0.143. The fourth-order valence-corrected chi connectivity index (χ4v) is 6.95. The van der Waals surface area contributed by atoms with Crippen molar-refractivity contribution >= 4 is 49.2 Å². The highest BCUT2D eigenvalue weighted by Gasteiger charge is 2.37. The molecule has 0 spiro atoms. The van der Waals surface area contributed by atoms with Gasteiger partial charge < -0.3 is 52.0 Å². The Labute approximate surface area is 354 Å². The normalized spacial score (nSPS) is 16.9. The number of likely N-dealkylation sites (tertiary alicyclic amines) is 1. The van der Waals surface area contributed by atoms with Crippen molar-refractivity contribution in [3.8, 4) is 11.5 Å². The van der Waals surface area contributed by atoms with Gasteiger partial charge in [0.1, 0.15) is 41.7 Å². The number of carbonyl (C=O) groups excluding carboxylic acids is 6. The van der Waals surface area contributed by atoms with Crippen LogP contribution in [0.5, 0.6) is 11.5 Å². The molecule has 21 heteroatoms. The molecule has 0 saturated carbocycles. The van der Waals surface area contributed by atoms with Crippen LogP contribution >= 0.6 is 7.82 Å². The van der Waals surface area contributed by atoms with E-state index in [9.17, 15) is 48.3 Å². The number of carboxylic acid groups (broad SMARTS) is 1. The van der Waals surface area contributed by atoms with E-state index >= 15 is 0 Å². The average molecular weight is 876 g/mol. The van der Waals surface area contributed by atoms with Crippen molar-refractivity contribution in [3.63, 3.8) is 0 Å². The van der Waals surface area contributed by atoms with E-state index in [0.717, 1.165) is 0 Å². The van der Waals surface area contributed by atoms with Crippen molar-refractivity contribution in [2.75, 3.05) is 13.1 Å². The Kier molecular flexibility index (Phi) is 18.7. The number of phosphoric acid groups is 1. The zero-order valence-electron chi connectivity index (χ0n) is 34.8. The number of hydrogen-bond donors (Lipinski definition) is 10. The van der Waals surface area contributed by atoms with E-state index in [4.69, 9.17) is 15.5 Å². The van der Waals surface area contributed by atoms with Gasteiger partial charge in [-0.05, 0) is 73.4 Å². The minimum atomic E-state index is -4.85. The molecule has 1 aliphatic heterocycles. The van der Waals surface area contributed by atoms with Gasteiger partial charge >= 0.3 is 13.8 Å². The second kappa shape index (κ2) is 22.9. The molecular weight excluding hydrogens is 817 g/mol. The number of aliphatic carboxylic acids is 1. The summed E-state index contributed by atoms with van der Waals surface area (Å²) < 4.78 is 15.8. The number of carbonyl (C=O) groups is 7. The molecule has 0 unspecified atom stereocenters. The number of benzene rings is 2. The fourth-order valence-electron chi connectivity index (χ4n) is 6.55. The average Bonchev–Trinajstić information content (AvgIpc) is 3.69. The van der Waals surface area contributed by atoms with Crippen LogP contribution in [0.2, 0.25) is 0 Å². The van der Waals surface area contributed by atoms with Crippen molar-refractivity contribution in [3.05, 3.63) is 59.7 Å². The molecule has 61 heavy (non-hydrogen) atoms. The standard InChI is InChI=1S/C40H58N7O13P/c1-6-23(4)34(46-37(52)30(43-35(50)24(5)41)19-25-9-13-27(48)14-10-25)39(54)42-21-33(49)47-17-7-8-32(47)38(53)44-29(36(51)45-31(40(55)56)18-22(2)3)20-26-11-15-28(16-12-26)60-61(57,58)59/h9-16,22-24,29-32,34,48H,6-8,17-21,41H2,1-5H3,(H,42,54)(H,43,50)(H,44,53)(H,45,51)(H,46,52)(H,55,56)(H2,57,58,59)/t23-,24-,29-,30-,31-,32-,34-/m0/s1. The number of nitrogens with zero attached hydrogens (tertiary/aromatic N) is 1. The van der Waals surface area contributed by atoms with Crippen LogP contribution in [0.4, 0.5) is 0 Å². The van der Waals surface area contributed by atoms with Gasteiger partial charge in [-0.1, -0.05) is 58.4 Å². The summed E-state index contributed by atoms with van der Waals surface area (Å²) in [6.07, 6.45) is 0.995. The fraction of sp³-hybridized carbons (Fsp3) is 0.525. The van der Waals surface area contributed by atoms with Crippen molar-refractivity contribution in [2.45, 2.75) is 109 Å². The van der Waals surface area contributed by atoms with Gasteiger partial charge in [0.15, 0.2) is 0 Å². The Morgan fingerprint density at radius 2 is 1.34 bits per heavy atom. The molecule has 11 N–H and O–H groups in total. The van der Waals surface area contributed by atoms with Gasteiger partial charge in [0, 0.05) is 19.4 Å². The summed E-state index contributed by atoms with van der Waals surface area (Å²) in [6, 6.07) is 4.43. The van der Waals surface area contributed by atoms with Crippen LogP contribution in [0.1, 0.15) is 71.4 Å². The first-order valence-corrected chi connectivity index (χ1v) is 21.5. The van der Waals surface area contributed by atoms with Crippen LogP contribution in [0.3, 0.4) is 0 Å². The molecule has 0 radical (unpaired) electrons. The van der Waals surface area contributed by atoms with Crippen molar-refractivity contribution < 1.29 is 62.7 Å². The molecule has 0 aliphatic carbocycles. The van der Waals surface area contributed by atoms with Gasteiger partial charge in [0.25, 0.3) is 0 Å². The highest BCUT2D eigenvalue weighted by Crippen LogP contribution is 2.37. The molecule has 6 amide bonds. The highest BCUT2D eigenvalue weighted by atomic mass is 31.2. The largest absolute Gasteiger partial charge is 0.524 e. The first kappa shape index (κ1) is 49.8. The van der Waals surface area contributed by atoms with Crippen LogP contribution in [0.15, 0.2) is 48.5 Å². The maximum atomic E-state index is 13.8. The number of carboxylic acids is 1. The number of nitrogens with two attached hydrogens (primary N) is 1. The lowest BCUT2D eigenvalue weighted by Gasteiger charge is -2.29. The third kappa shape index (κ3) is 16.1. The molecule has 2 aromatic carbocycles. The van der Waals surface area contributed by atoms with Crippen molar-refractivity contribution in [1.29, 1.82) is 0 Å². The van der Waals surface area contributed by atoms with E-state index in [1.807, 2.05) is 0 Å². The highest BCUT2D eigenvalue weighted by molar-refractivity contribution is 7.46. The topological polar surface area (TPSA) is 316 Å². The van der Waals surface area contributed by atoms with Crippen LogP contribution in [0, 0.1) is 11.8 Å². The van der Waals surface area contributed by atoms with Gasteiger partial charge in [-0.15, -0.1) is 0 Å². The summed E-state index contributed by atoms with van der Waals surface area (Å²) in [5.74, 6) is -6.11. The summed E-state index contributed by atoms with van der Waals surface area (Å²) in [7, 11) is -4.85. The minimum absolute atomic E-state index is 0.00696. The molecule has 1 heterocycles. The Hall–Kier alpha value is -5.56. The number of aromatic hydroxyl groups is 1. The summed E-state index contributed by atoms with van der Waals surface area (Å²) in [4.78, 5) is 112. The smallest absolute Gasteiger partial charge is 0.508 e. The summed E-state index contributed by atoms with van der Waals surface area (Å²) in [5.41, 5.74) is 6.76. The number of nitrogens with one attached hydrogen (secondary N) is 5. The minimum Gasteiger partial charge on any atom is -0.508 e. The molecular formula is C40H58N7O13P. The first-order valence-electron chi connectivity index (χ1n) is 20.0. The third-order valence-electron chi connectivity index (χ3n) is 10.0. The van der Waals surface area contributed by atoms with Gasteiger partial charge in [-0.25, -0.2) is 9.36 Å². The van der Waals surface area contributed by atoms with Crippen LogP contribution < -0.4 is 36.8 Å². The molecule has 3 rings (SSSR count). The van der Waals surface area contributed by atoms with Crippen molar-refractivity contribution in [1.82, 2.24) is 31.5 Å². The van der Waals surface area contributed by atoms with Gasteiger partial charge in [-0.2, -0.15) is 0 Å². The second-order valence-electron chi connectivity index (χ2n) is 15.6. The van der Waals surface area contributed by atoms with Gasteiger partial charge in [0.05, 0.1) is 12.6 Å². The van der Waals surface area contributed by atoms with E-state index in [1.54, 1.807) is 39.8 Å². The SMILES string of the molecule is CC[C@H](C)[C@H](NC(=O)[C@H](Cc1ccc(O)cc1)NC(=O)[C@H](C)N)C(=O)NCC(=O)N1CCC[C@H]1C(=O)N[C@@H](Cc1ccc(OP(=O)(O)O)cc1)C(=O)N[C@@H](CC(C)C)C(=O)O. The molecule has 0 bridgehead atoms. The molecule has 7 atom stereocenters. The predicted molar refractivity (Wildman–Crippen MR) is 220 cm³/mol. The Balaban J connectivity index is 1.75. The molecule has 2 aromatic rings. The maximum absolute atomic E-state index is 13.8. The molecule has 1 saturated heterocycles. The van der Waals surface area contributed by atoms with Crippen LogP contribution in [-0.4, -0.2) is 116 Å². The van der Waals surface area contributed by atoms with Gasteiger partial charge in [-0.3, -0.25) is 38.6 Å². The quantitative estimate of drug-likeness (QED) is 0.0708. The zero-order chi connectivity index (χ0) is 45.6. The first-order chi connectivity index (χ1) is 28.6. The van der Waals surface area contributed by atoms with E-state index in [1.165, 1.54) is 48.2 Å². The summed E-state index contributed by atoms with van der Waals surface area (Å²) in [6.45, 7) is 8.12. The van der Waals surface area contributed by atoms with Crippen LogP contribution in [0.25, 0.3) is 0 Å².